The third kappa shape index (κ3) is 4.48. The first-order valence-electron chi connectivity index (χ1n) is 11.9. The van der Waals surface area contributed by atoms with Crippen LogP contribution in [0.4, 0.5) is 8.78 Å². The highest BCUT2D eigenvalue weighted by Crippen LogP contribution is 2.42. The van der Waals surface area contributed by atoms with Crippen LogP contribution in [0.2, 0.25) is 0 Å². The van der Waals surface area contributed by atoms with Gasteiger partial charge in [-0.25, -0.2) is 8.78 Å². The smallest absolute Gasteiger partial charge is 0.311 e. The van der Waals surface area contributed by atoms with E-state index in [1.165, 1.54) is 30.7 Å². The molecule has 0 radical (unpaired) electrons. The fourth-order valence-electron chi connectivity index (χ4n) is 4.90. The Morgan fingerprint density at radius 1 is 1.18 bits per heavy atom. The lowest BCUT2D eigenvalue weighted by molar-refractivity contribution is -0.144. The van der Waals surface area contributed by atoms with Gasteiger partial charge in [0.2, 0.25) is 5.43 Å². The molecule has 13 heteroatoms. The van der Waals surface area contributed by atoms with Gasteiger partial charge in [-0.05, 0) is 19.4 Å². The number of methoxy groups -OCH3 is 1. The predicted octanol–water partition coefficient (Wildman–Crippen LogP) is 0.731. The second-order valence-electron chi connectivity index (χ2n) is 9.22. The molecule has 1 aromatic carbocycles. The van der Waals surface area contributed by atoms with E-state index < -0.39 is 58.3 Å². The first-order chi connectivity index (χ1) is 18.0. The molecule has 0 saturated heterocycles. The van der Waals surface area contributed by atoms with Gasteiger partial charge in [0, 0.05) is 45.4 Å². The summed E-state index contributed by atoms with van der Waals surface area (Å²) in [7, 11) is 4.01. The molecule has 4 rings (SSSR count). The van der Waals surface area contributed by atoms with Gasteiger partial charge in [-0.3, -0.25) is 24.0 Å². The second kappa shape index (κ2) is 10.2. The van der Waals surface area contributed by atoms with Crippen molar-refractivity contribution in [2.24, 2.45) is 0 Å². The van der Waals surface area contributed by atoms with Gasteiger partial charge in [-0.2, -0.15) is 0 Å². The van der Waals surface area contributed by atoms with Gasteiger partial charge in [0.15, 0.2) is 11.4 Å². The van der Waals surface area contributed by atoms with Crippen LogP contribution < -0.4 is 20.8 Å². The monoisotopic (exact) mass is 531 g/mol. The summed E-state index contributed by atoms with van der Waals surface area (Å²) >= 11 is 0. The summed E-state index contributed by atoms with van der Waals surface area (Å²) in [6, 6.07) is 1.48. The largest absolute Gasteiger partial charge is 0.491 e. The Hall–Kier alpha value is -4.29. The zero-order chi connectivity index (χ0) is 27.9. The zero-order valence-electron chi connectivity index (χ0n) is 21.3. The van der Waals surface area contributed by atoms with Gasteiger partial charge in [0.1, 0.15) is 17.2 Å². The number of halogens is 2. The lowest BCUT2D eigenvalue weighted by atomic mass is 10.0. The van der Waals surface area contributed by atoms with Crippen molar-refractivity contribution in [2.45, 2.75) is 32.0 Å². The molecule has 2 aromatic rings. The summed E-state index contributed by atoms with van der Waals surface area (Å²) < 4.78 is 34.2. The summed E-state index contributed by atoms with van der Waals surface area (Å²) in [4.78, 5) is 67.7. The maximum atomic E-state index is 14.1. The van der Waals surface area contributed by atoms with E-state index in [4.69, 9.17) is 4.74 Å². The summed E-state index contributed by atoms with van der Waals surface area (Å²) in [5, 5.41) is 5.05. The van der Waals surface area contributed by atoms with Crippen molar-refractivity contribution in [3.05, 3.63) is 62.6 Å². The molecule has 0 fully saturated rings. The van der Waals surface area contributed by atoms with E-state index in [2.05, 4.69) is 10.6 Å². The van der Waals surface area contributed by atoms with Crippen LogP contribution in [0.1, 0.15) is 57.5 Å². The SMILES string of the molecule is CCN1C[C@@H]2C[C@H](NC(=O)C(=O)N(C)C)c3c(C(=O)NCc4ccc(F)cc4F)c(=O)c(OC)c(n32)C1=O. The molecule has 1 aromatic heterocycles. The van der Waals surface area contributed by atoms with E-state index >= 15 is 0 Å². The van der Waals surface area contributed by atoms with Crippen molar-refractivity contribution >= 4 is 23.6 Å². The van der Waals surface area contributed by atoms with E-state index in [0.29, 0.717) is 12.6 Å². The number of rotatable bonds is 6. The molecule has 3 heterocycles. The van der Waals surface area contributed by atoms with Crippen molar-refractivity contribution in [1.82, 2.24) is 25.0 Å². The molecule has 2 aliphatic heterocycles. The van der Waals surface area contributed by atoms with Crippen LogP contribution in [-0.2, 0) is 16.1 Å². The lowest BCUT2D eigenvalue weighted by Gasteiger charge is -2.34. The highest BCUT2D eigenvalue weighted by Gasteiger charge is 2.46. The van der Waals surface area contributed by atoms with Crippen molar-refractivity contribution in [1.29, 1.82) is 0 Å². The van der Waals surface area contributed by atoms with Gasteiger partial charge >= 0.3 is 11.8 Å². The van der Waals surface area contributed by atoms with Gasteiger partial charge in [-0.1, -0.05) is 6.07 Å². The number of carbonyl (C=O) groups excluding carboxylic acids is 4. The highest BCUT2D eigenvalue weighted by molar-refractivity contribution is 6.34. The molecule has 0 unspecified atom stereocenters. The Bertz CT molecular complexity index is 1410. The number of nitrogens with zero attached hydrogens (tertiary/aromatic N) is 3. The molecule has 0 spiro atoms. The minimum absolute atomic E-state index is 0.0192. The van der Waals surface area contributed by atoms with Gasteiger partial charge in [-0.15, -0.1) is 0 Å². The van der Waals surface area contributed by atoms with Gasteiger partial charge in [0.05, 0.1) is 24.9 Å². The van der Waals surface area contributed by atoms with Crippen LogP contribution in [0.15, 0.2) is 23.0 Å². The Morgan fingerprint density at radius 3 is 2.50 bits per heavy atom. The second-order valence-corrected chi connectivity index (χ2v) is 9.22. The van der Waals surface area contributed by atoms with Crippen molar-refractivity contribution in [3.63, 3.8) is 0 Å². The quantitative estimate of drug-likeness (QED) is 0.529. The van der Waals surface area contributed by atoms with Gasteiger partial charge < -0.3 is 29.7 Å². The molecule has 0 bridgehead atoms. The topological polar surface area (TPSA) is 130 Å². The number of aromatic nitrogens is 1. The number of benzene rings is 1. The van der Waals surface area contributed by atoms with E-state index in [1.807, 2.05) is 0 Å². The number of carbonyl (C=O) groups is 4. The van der Waals surface area contributed by atoms with E-state index in [-0.39, 0.29) is 42.2 Å². The first kappa shape index (κ1) is 26.8. The van der Waals surface area contributed by atoms with Crippen LogP contribution in [0.5, 0.6) is 5.75 Å². The summed E-state index contributed by atoms with van der Waals surface area (Å²) in [6.07, 6.45) is 0.197. The Balaban J connectivity index is 1.83. The van der Waals surface area contributed by atoms with E-state index in [1.54, 1.807) is 6.92 Å². The fraction of sp³-hybridized carbons (Fsp3) is 0.400. The molecule has 38 heavy (non-hydrogen) atoms. The average molecular weight is 532 g/mol. The maximum Gasteiger partial charge on any atom is 0.311 e. The standard InChI is InChI=1S/C25H27F2N5O6/c1-5-31-11-14-9-16(29-23(35)25(37)30(2)3)18-17(20(33)21(38-4)19(24(31)36)32(14)18)22(34)28-10-12-6-7-13(26)8-15(12)27/h6-8,14,16H,5,9-11H2,1-4H3,(H,28,34)(H,29,35)/t14-,16-/m0/s1. The maximum absolute atomic E-state index is 14.1. The fourth-order valence-corrected chi connectivity index (χ4v) is 4.90. The van der Waals surface area contributed by atoms with Crippen LogP contribution in [0.3, 0.4) is 0 Å². The number of amides is 4. The molecule has 0 saturated carbocycles. The molecule has 4 amide bonds. The van der Waals surface area contributed by atoms with E-state index in [0.717, 1.165) is 17.0 Å². The molecule has 11 nitrogen and oxygen atoms in total. The Labute approximate surface area is 216 Å². The Kier molecular flexibility index (Phi) is 7.20. The van der Waals surface area contributed by atoms with Crippen LogP contribution in [0, 0.1) is 11.6 Å². The molecule has 2 N–H and O–H groups in total. The van der Waals surface area contributed by atoms with E-state index in [9.17, 15) is 32.8 Å². The number of hydrogen-bond acceptors (Lipinski definition) is 6. The lowest BCUT2D eigenvalue weighted by Crippen LogP contribution is -2.45. The minimum atomic E-state index is -0.957. The normalized spacial score (nSPS) is 17.6. The third-order valence-electron chi connectivity index (χ3n) is 6.70. The van der Waals surface area contributed by atoms with Crippen LogP contribution in [-0.4, -0.2) is 72.3 Å². The first-order valence-corrected chi connectivity index (χ1v) is 11.9. The van der Waals surface area contributed by atoms with Crippen LogP contribution >= 0.6 is 0 Å². The molecule has 0 aliphatic carbocycles. The molecular weight excluding hydrogens is 504 g/mol. The highest BCUT2D eigenvalue weighted by atomic mass is 19.1. The zero-order valence-corrected chi connectivity index (χ0v) is 21.3. The summed E-state index contributed by atoms with van der Waals surface area (Å²) in [5.41, 5.74) is -1.32. The molecule has 2 aliphatic rings. The minimum Gasteiger partial charge on any atom is -0.491 e. The predicted molar refractivity (Wildman–Crippen MR) is 130 cm³/mol. The Morgan fingerprint density at radius 2 is 1.89 bits per heavy atom. The third-order valence-corrected chi connectivity index (χ3v) is 6.70. The number of pyridine rings is 1. The molecule has 2 atom stereocenters. The van der Waals surface area contributed by atoms with Crippen molar-refractivity contribution in [2.75, 3.05) is 34.3 Å². The number of hydrogen-bond donors (Lipinski definition) is 2. The molecular formula is C25H27F2N5O6. The number of nitrogens with one attached hydrogen (secondary N) is 2. The number of likely N-dealkylation sites (N-methyl/N-ethyl adjacent to an activating group) is 2. The summed E-state index contributed by atoms with van der Waals surface area (Å²) in [5.74, 6) is -5.18. The summed E-state index contributed by atoms with van der Waals surface area (Å²) in [6.45, 7) is 2.01. The molecule has 202 valence electrons. The average Bonchev–Trinajstić information content (AvgIpc) is 3.21. The van der Waals surface area contributed by atoms with Crippen molar-refractivity contribution in [3.8, 4) is 5.75 Å². The van der Waals surface area contributed by atoms with Gasteiger partial charge in [0.25, 0.3) is 11.8 Å². The van der Waals surface area contributed by atoms with Crippen molar-refractivity contribution < 1.29 is 32.7 Å². The number of ether oxygens (including phenoxy) is 1. The van der Waals surface area contributed by atoms with Crippen LogP contribution in [0.25, 0.3) is 0 Å².